The van der Waals surface area contributed by atoms with Crippen LogP contribution in [0.4, 0.5) is 0 Å². The van der Waals surface area contributed by atoms with Crippen LogP contribution in [0.3, 0.4) is 0 Å². The zero-order valence-electron chi connectivity index (χ0n) is 14.8. The average molecular weight is 377 g/mol. The summed E-state index contributed by atoms with van der Waals surface area (Å²) in [6, 6.07) is 16.1. The van der Waals surface area contributed by atoms with Crippen molar-refractivity contribution < 1.29 is 14.3 Å². The molecule has 3 N–H and O–H groups in total. The summed E-state index contributed by atoms with van der Waals surface area (Å²) >= 11 is 0. The monoisotopic (exact) mass is 376 g/mol. The third-order valence-corrected chi connectivity index (χ3v) is 4.49. The number of amides is 1. The van der Waals surface area contributed by atoms with Gasteiger partial charge in [-0.3, -0.25) is 4.79 Å². The van der Waals surface area contributed by atoms with E-state index in [0.29, 0.717) is 13.1 Å². The summed E-state index contributed by atoms with van der Waals surface area (Å²) in [7, 11) is 1.66. The minimum atomic E-state index is -0.371. The van der Waals surface area contributed by atoms with Crippen LogP contribution in [-0.2, 0) is 16.1 Å². The molecule has 26 heavy (non-hydrogen) atoms. The SMILES string of the molecule is COc1cccc(-c2ccc(CNC(=O)[C@@H]3CC[C@H](CN)O3)cc2)c1.Cl. The number of carbonyl (C=O) groups excluding carboxylic acids is 1. The molecule has 2 atom stereocenters. The van der Waals surface area contributed by atoms with Crippen molar-refractivity contribution in [1.82, 2.24) is 5.32 Å². The van der Waals surface area contributed by atoms with Gasteiger partial charge in [-0.15, -0.1) is 12.4 Å². The Bertz CT molecular complexity index is 721. The average Bonchev–Trinajstić information content (AvgIpc) is 3.16. The van der Waals surface area contributed by atoms with E-state index in [2.05, 4.69) is 5.32 Å². The third-order valence-electron chi connectivity index (χ3n) is 4.49. The first-order valence-electron chi connectivity index (χ1n) is 8.56. The molecule has 0 bridgehead atoms. The van der Waals surface area contributed by atoms with E-state index in [1.165, 1.54) is 0 Å². The topological polar surface area (TPSA) is 73.6 Å². The fourth-order valence-electron chi connectivity index (χ4n) is 2.99. The van der Waals surface area contributed by atoms with E-state index >= 15 is 0 Å². The molecular formula is C20H25ClN2O3. The molecule has 0 saturated carbocycles. The number of carbonyl (C=O) groups is 1. The lowest BCUT2D eigenvalue weighted by Gasteiger charge is -2.13. The summed E-state index contributed by atoms with van der Waals surface area (Å²) in [5.41, 5.74) is 8.84. The van der Waals surface area contributed by atoms with Crippen LogP contribution in [0, 0.1) is 0 Å². The van der Waals surface area contributed by atoms with E-state index in [-0.39, 0.29) is 30.5 Å². The summed E-state index contributed by atoms with van der Waals surface area (Å²) in [6.07, 6.45) is 1.23. The van der Waals surface area contributed by atoms with Gasteiger partial charge in [-0.05, 0) is 41.7 Å². The van der Waals surface area contributed by atoms with Gasteiger partial charge in [-0.2, -0.15) is 0 Å². The minimum absolute atomic E-state index is 0. The highest BCUT2D eigenvalue weighted by Gasteiger charge is 2.29. The van der Waals surface area contributed by atoms with Crippen LogP contribution in [0.1, 0.15) is 18.4 Å². The molecular weight excluding hydrogens is 352 g/mol. The molecule has 1 fully saturated rings. The van der Waals surface area contributed by atoms with Crippen LogP contribution in [0.2, 0.25) is 0 Å². The molecule has 5 nitrogen and oxygen atoms in total. The third kappa shape index (κ3) is 4.97. The van der Waals surface area contributed by atoms with Crippen molar-refractivity contribution in [2.45, 2.75) is 31.6 Å². The van der Waals surface area contributed by atoms with Crippen LogP contribution >= 0.6 is 12.4 Å². The van der Waals surface area contributed by atoms with Gasteiger partial charge in [0.1, 0.15) is 11.9 Å². The van der Waals surface area contributed by atoms with E-state index in [9.17, 15) is 4.79 Å². The molecule has 140 valence electrons. The van der Waals surface area contributed by atoms with Crippen molar-refractivity contribution >= 4 is 18.3 Å². The molecule has 3 rings (SSSR count). The molecule has 2 aromatic rings. The first kappa shape index (κ1) is 20.2. The van der Waals surface area contributed by atoms with E-state index in [1.807, 2.05) is 48.5 Å². The first-order valence-corrected chi connectivity index (χ1v) is 8.56. The molecule has 1 heterocycles. The Morgan fingerprint density at radius 1 is 1.19 bits per heavy atom. The van der Waals surface area contributed by atoms with Crippen molar-refractivity contribution in [3.63, 3.8) is 0 Å². The largest absolute Gasteiger partial charge is 0.497 e. The molecule has 1 amide bonds. The highest BCUT2D eigenvalue weighted by molar-refractivity contribution is 5.85. The Hall–Kier alpha value is -2.08. The van der Waals surface area contributed by atoms with Crippen LogP contribution in [0.15, 0.2) is 48.5 Å². The number of nitrogens with one attached hydrogen (secondary N) is 1. The van der Waals surface area contributed by atoms with Crippen LogP contribution in [0.5, 0.6) is 5.75 Å². The maximum absolute atomic E-state index is 12.1. The molecule has 6 heteroatoms. The number of rotatable bonds is 6. The molecule has 0 aliphatic carbocycles. The van der Waals surface area contributed by atoms with Gasteiger partial charge in [-0.25, -0.2) is 0 Å². The second-order valence-electron chi connectivity index (χ2n) is 6.21. The zero-order chi connectivity index (χ0) is 17.6. The number of hydrogen-bond donors (Lipinski definition) is 2. The summed E-state index contributed by atoms with van der Waals surface area (Å²) < 4.78 is 10.9. The highest BCUT2D eigenvalue weighted by atomic mass is 35.5. The highest BCUT2D eigenvalue weighted by Crippen LogP contribution is 2.24. The van der Waals surface area contributed by atoms with Gasteiger partial charge in [0.05, 0.1) is 13.2 Å². The molecule has 1 aliphatic rings. The summed E-state index contributed by atoms with van der Waals surface area (Å²) in [4.78, 5) is 12.1. The second-order valence-corrected chi connectivity index (χ2v) is 6.21. The first-order chi connectivity index (χ1) is 12.2. The Balaban J connectivity index is 0.00000243. The van der Waals surface area contributed by atoms with Gasteiger partial charge >= 0.3 is 0 Å². The fourth-order valence-corrected chi connectivity index (χ4v) is 2.99. The Kier molecular flexibility index (Phi) is 7.45. The Labute approximate surface area is 160 Å². The van der Waals surface area contributed by atoms with Gasteiger partial charge in [0.25, 0.3) is 0 Å². The lowest BCUT2D eigenvalue weighted by atomic mass is 10.0. The van der Waals surface area contributed by atoms with Crippen LogP contribution in [0.25, 0.3) is 11.1 Å². The van der Waals surface area contributed by atoms with Gasteiger partial charge in [0.2, 0.25) is 5.91 Å². The van der Waals surface area contributed by atoms with Crippen molar-refractivity contribution in [3.05, 3.63) is 54.1 Å². The summed E-state index contributed by atoms with van der Waals surface area (Å²) in [6.45, 7) is 0.958. The smallest absolute Gasteiger partial charge is 0.249 e. The van der Waals surface area contributed by atoms with Crippen LogP contribution < -0.4 is 15.8 Å². The molecule has 1 saturated heterocycles. The van der Waals surface area contributed by atoms with Crippen LogP contribution in [-0.4, -0.2) is 31.8 Å². The van der Waals surface area contributed by atoms with Gasteiger partial charge in [0, 0.05) is 13.1 Å². The molecule has 1 aliphatic heterocycles. The zero-order valence-corrected chi connectivity index (χ0v) is 15.6. The number of nitrogens with two attached hydrogens (primary N) is 1. The number of benzene rings is 2. The predicted molar refractivity (Wildman–Crippen MR) is 104 cm³/mol. The van der Waals surface area contributed by atoms with E-state index < -0.39 is 0 Å². The van der Waals surface area contributed by atoms with E-state index in [4.69, 9.17) is 15.2 Å². The molecule has 2 aromatic carbocycles. The minimum Gasteiger partial charge on any atom is -0.497 e. The summed E-state index contributed by atoms with van der Waals surface area (Å²) in [5.74, 6) is 0.772. The normalized spacial score (nSPS) is 18.8. The van der Waals surface area contributed by atoms with Gasteiger partial charge < -0.3 is 20.5 Å². The van der Waals surface area contributed by atoms with Gasteiger partial charge in [-0.1, -0.05) is 36.4 Å². The number of halogens is 1. The Morgan fingerprint density at radius 3 is 2.62 bits per heavy atom. The second kappa shape index (κ2) is 9.57. The quantitative estimate of drug-likeness (QED) is 0.813. The lowest BCUT2D eigenvalue weighted by molar-refractivity contribution is -0.132. The van der Waals surface area contributed by atoms with Crippen molar-refractivity contribution in [2.24, 2.45) is 5.73 Å². The van der Waals surface area contributed by atoms with E-state index in [1.54, 1.807) is 7.11 Å². The number of methoxy groups -OCH3 is 1. The standard InChI is InChI=1S/C20H24N2O3.ClH/c1-24-17-4-2-3-16(11-17)15-7-5-14(6-8-15)13-22-20(23)19-10-9-18(12-21)25-19;/h2-8,11,18-19H,9-10,12-13,21H2,1H3,(H,22,23);1H/t18-,19+;/m1./s1. The van der Waals surface area contributed by atoms with Crippen molar-refractivity contribution in [2.75, 3.05) is 13.7 Å². The molecule has 0 unspecified atom stereocenters. The van der Waals surface area contributed by atoms with Gasteiger partial charge in [0.15, 0.2) is 0 Å². The van der Waals surface area contributed by atoms with E-state index in [0.717, 1.165) is 35.3 Å². The molecule has 0 aromatic heterocycles. The predicted octanol–water partition coefficient (Wildman–Crippen LogP) is 2.91. The van der Waals surface area contributed by atoms with Crippen molar-refractivity contribution in [3.8, 4) is 16.9 Å². The number of ether oxygens (including phenoxy) is 2. The van der Waals surface area contributed by atoms with Crippen molar-refractivity contribution in [1.29, 1.82) is 0 Å². The lowest BCUT2D eigenvalue weighted by Crippen LogP contribution is -2.35. The number of hydrogen-bond acceptors (Lipinski definition) is 4. The molecule has 0 spiro atoms. The Morgan fingerprint density at radius 2 is 1.96 bits per heavy atom. The maximum Gasteiger partial charge on any atom is 0.249 e. The summed E-state index contributed by atoms with van der Waals surface area (Å²) in [5, 5.41) is 2.94. The fraction of sp³-hybridized carbons (Fsp3) is 0.350. The molecule has 0 radical (unpaired) electrons. The maximum atomic E-state index is 12.1.